The van der Waals surface area contributed by atoms with Crippen LogP contribution in [0.25, 0.3) is 10.9 Å². The minimum Gasteiger partial charge on any atom is -0.369 e. The topological polar surface area (TPSA) is 41.4 Å². The van der Waals surface area contributed by atoms with E-state index in [0.717, 1.165) is 61.2 Å². The first-order valence-electron chi connectivity index (χ1n) is 12.3. The van der Waals surface area contributed by atoms with Crippen molar-refractivity contribution in [2.45, 2.75) is 71.1 Å². The van der Waals surface area contributed by atoms with Gasteiger partial charge in [0.2, 0.25) is 0 Å². The molecule has 7 heteroatoms. The molecular weight excluding hydrogens is 451 g/mol. The lowest BCUT2D eigenvalue weighted by Gasteiger charge is -2.42. The zero-order valence-corrected chi connectivity index (χ0v) is 20.9. The second-order valence-electron chi connectivity index (χ2n) is 10.1. The Morgan fingerprint density at radius 2 is 2.03 bits per heavy atom. The highest BCUT2D eigenvalue weighted by Crippen LogP contribution is 2.38. The average Bonchev–Trinajstić information content (AvgIpc) is 3.66. The van der Waals surface area contributed by atoms with E-state index in [4.69, 9.17) is 11.6 Å². The molecule has 180 valence electrons. The first-order valence-corrected chi connectivity index (χ1v) is 12.7. The summed E-state index contributed by atoms with van der Waals surface area (Å²) in [6, 6.07) is 8.06. The van der Waals surface area contributed by atoms with Crippen LogP contribution >= 0.6 is 11.6 Å². The van der Waals surface area contributed by atoms with Gasteiger partial charge < -0.3 is 9.47 Å². The highest BCUT2D eigenvalue weighted by Gasteiger charge is 2.30. The molecule has 0 spiro atoms. The van der Waals surface area contributed by atoms with E-state index in [1.165, 1.54) is 6.07 Å². The van der Waals surface area contributed by atoms with Crippen LogP contribution in [0.15, 0.2) is 41.5 Å². The Labute approximate surface area is 205 Å². The molecule has 34 heavy (non-hydrogen) atoms. The fourth-order valence-corrected chi connectivity index (χ4v) is 5.36. The number of rotatable bonds is 6. The molecule has 3 heterocycles. The first-order chi connectivity index (χ1) is 16.3. The molecule has 1 aromatic carbocycles. The number of fused-ring (bicyclic) bond motifs is 1. The van der Waals surface area contributed by atoms with Crippen molar-refractivity contribution in [3.05, 3.63) is 69.0 Å². The Balaban J connectivity index is 1.47. The van der Waals surface area contributed by atoms with Crippen LogP contribution < -0.4 is 10.3 Å². The number of aromatic nitrogens is 2. The SMILES string of the molecule is Cc1ccc(N2CCC[C@H](N(Cc3cn(C4CC4)c4cc(Cl)c(F)cc4c3=O)C(C)C)C2)cn1. The molecule has 2 aliphatic rings. The van der Waals surface area contributed by atoms with Crippen molar-refractivity contribution >= 4 is 28.2 Å². The van der Waals surface area contributed by atoms with Crippen LogP contribution in [-0.2, 0) is 6.54 Å². The Hall–Kier alpha value is -2.44. The van der Waals surface area contributed by atoms with E-state index in [0.29, 0.717) is 24.0 Å². The number of hydrogen-bond acceptors (Lipinski definition) is 4. The normalized spacial score (nSPS) is 18.9. The van der Waals surface area contributed by atoms with Crippen molar-refractivity contribution in [3.8, 4) is 0 Å². The highest BCUT2D eigenvalue weighted by molar-refractivity contribution is 6.31. The van der Waals surface area contributed by atoms with E-state index < -0.39 is 5.82 Å². The number of hydrogen-bond donors (Lipinski definition) is 0. The average molecular weight is 483 g/mol. The Morgan fingerprint density at radius 3 is 2.71 bits per heavy atom. The van der Waals surface area contributed by atoms with Crippen LogP contribution in [-0.4, -0.2) is 39.6 Å². The Bertz CT molecular complexity index is 1250. The third kappa shape index (κ3) is 4.58. The number of benzene rings is 1. The van der Waals surface area contributed by atoms with Crippen molar-refractivity contribution in [2.75, 3.05) is 18.0 Å². The molecule has 0 bridgehead atoms. The van der Waals surface area contributed by atoms with E-state index in [2.05, 4.69) is 45.3 Å². The van der Waals surface area contributed by atoms with Crippen LogP contribution in [0.5, 0.6) is 0 Å². The van der Waals surface area contributed by atoms with Crippen molar-refractivity contribution in [1.82, 2.24) is 14.5 Å². The third-order valence-electron chi connectivity index (χ3n) is 7.23. The molecule has 0 N–H and O–H groups in total. The van der Waals surface area contributed by atoms with E-state index in [9.17, 15) is 9.18 Å². The predicted octanol–water partition coefficient (Wildman–Crippen LogP) is 5.71. The molecule has 0 unspecified atom stereocenters. The van der Waals surface area contributed by atoms with Gasteiger partial charge in [-0.2, -0.15) is 0 Å². The van der Waals surface area contributed by atoms with Crippen LogP contribution in [0, 0.1) is 12.7 Å². The maximum Gasteiger partial charge on any atom is 0.193 e. The standard InChI is InChI=1S/C27H32ClFN4O/c1-17(2)32(22-5-4-10-31(16-22)21-7-6-18(3)30-13-21)14-19-15-33(20-8-9-20)26-12-24(28)25(29)11-23(26)27(19)34/h6-7,11-13,15,17,20,22H,4-5,8-10,14,16H2,1-3H3/t22-/m0/s1. The molecule has 0 radical (unpaired) electrons. The maximum absolute atomic E-state index is 14.3. The molecule has 1 saturated carbocycles. The van der Waals surface area contributed by atoms with Gasteiger partial charge >= 0.3 is 0 Å². The lowest BCUT2D eigenvalue weighted by Crippen LogP contribution is -2.50. The molecule has 1 aliphatic carbocycles. The summed E-state index contributed by atoms with van der Waals surface area (Å²) in [7, 11) is 0. The fourth-order valence-electron chi connectivity index (χ4n) is 5.21. The van der Waals surface area contributed by atoms with Crippen molar-refractivity contribution in [3.63, 3.8) is 0 Å². The smallest absolute Gasteiger partial charge is 0.193 e. The van der Waals surface area contributed by atoms with Crippen LogP contribution in [0.2, 0.25) is 5.02 Å². The summed E-state index contributed by atoms with van der Waals surface area (Å²) >= 11 is 6.07. The second-order valence-corrected chi connectivity index (χ2v) is 10.5. The number of aryl methyl sites for hydroxylation is 1. The molecule has 1 saturated heterocycles. The van der Waals surface area contributed by atoms with Gasteiger partial charge in [0.1, 0.15) is 5.82 Å². The fraction of sp³-hybridized carbons (Fsp3) is 0.481. The lowest BCUT2D eigenvalue weighted by molar-refractivity contribution is 0.128. The zero-order valence-electron chi connectivity index (χ0n) is 20.1. The number of nitrogens with zero attached hydrogens (tertiary/aromatic N) is 4. The van der Waals surface area contributed by atoms with Gasteiger partial charge in [0.05, 0.1) is 22.4 Å². The van der Waals surface area contributed by atoms with Crippen LogP contribution in [0.3, 0.4) is 0 Å². The van der Waals surface area contributed by atoms with E-state index in [1.54, 1.807) is 6.07 Å². The molecule has 2 fully saturated rings. The molecule has 2 aromatic heterocycles. The summed E-state index contributed by atoms with van der Waals surface area (Å²) in [6.45, 7) is 8.84. The van der Waals surface area contributed by atoms with Gasteiger partial charge in [0.25, 0.3) is 0 Å². The largest absolute Gasteiger partial charge is 0.369 e. The lowest BCUT2D eigenvalue weighted by atomic mass is 10.0. The van der Waals surface area contributed by atoms with Gasteiger partial charge in [-0.1, -0.05) is 11.6 Å². The summed E-state index contributed by atoms with van der Waals surface area (Å²) < 4.78 is 16.5. The van der Waals surface area contributed by atoms with Gasteiger partial charge in [-0.15, -0.1) is 0 Å². The number of anilines is 1. The Kier molecular flexibility index (Phi) is 6.38. The van der Waals surface area contributed by atoms with Crippen molar-refractivity contribution < 1.29 is 4.39 Å². The van der Waals surface area contributed by atoms with Gasteiger partial charge in [0.15, 0.2) is 5.43 Å². The van der Waals surface area contributed by atoms with Gasteiger partial charge in [-0.3, -0.25) is 14.7 Å². The Morgan fingerprint density at radius 1 is 1.24 bits per heavy atom. The summed E-state index contributed by atoms with van der Waals surface area (Å²) in [6.07, 6.45) is 8.27. The van der Waals surface area contributed by atoms with Gasteiger partial charge in [-0.05, 0) is 70.7 Å². The minimum atomic E-state index is -0.541. The van der Waals surface area contributed by atoms with E-state index in [-0.39, 0.29) is 16.5 Å². The summed E-state index contributed by atoms with van der Waals surface area (Å²) in [5.41, 5.74) is 3.53. The molecule has 5 rings (SSSR count). The number of halogens is 2. The molecule has 1 aliphatic heterocycles. The highest BCUT2D eigenvalue weighted by atomic mass is 35.5. The summed E-state index contributed by atoms with van der Waals surface area (Å²) in [4.78, 5) is 22.8. The van der Waals surface area contributed by atoms with Crippen LogP contribution in [0.4, 0.5) is 10.1 Å². The molecule has 0 amide bonds. The monoisotopic (exact) mass is 482 g/mol. The predicted molar refractivity (Wildman–Crippen MR) is 136 cm³/mol. The quantitative estimate of drug-likeness (QED) is 0.451. The minimum absolute atomic E-state index is 0.0609. The van der Waals surface area contributed by atoms with Crippen LogP contribution in [0.1, 0.15) is 56.8 Å². The molecule has 5 nitrogen and oxygen atoms in total. The summed E-state index contributed by atoms with van der Waals surface area (Å²) in [5.74, 6) is -0.541. The van der Waals surface area contributed by atoms with E-state index >= 15 is 0 Å². The number of pyridine rings is 2. The maximum atomic E-state index is 14.3. The second kappa shape index (κ2) is 9.31. The third-order valence-corrected chi connectivity index (χ3v) is 7.52. The number of piperidine rings is 1. The first kappa shape index (κ1) is 23.3. The van der Waals surface area contributed by atoms with Gasteiger partial charge in [0, 0.05) is 60.6 Å². The summed E-state index contributed by atoms with van der Waals surface area (Å²) in [5, 5.41) is 0.483. The van der Waals surface area contributed by atoms with Crippen molar-refractivity contribution in [2.24, 2.45) is 0 Å². The van der Waals surface area contributed by atoms with E-state index in [1.807, 2.05) is 19.3 Å². The van der Waals surface area contributed by atoms with Gasteiger partial charge in [-0.25, -0.2) is 4.39 Å². The molecular formula is C27H32ClFN4O. The zero-order chi connectivity index (χ0) is 24.0. The molecule has 1 atom stereocenters. The molecule has 3 aromatic rings. The van der Waals surface area contributed by atoms with Crippen molar-refractivity contribution in [1.29, 1.82) is 0 Å².